The summed E-state index contributed by atoms with van der Waals surface area (Å²) in [4.78, 5) is 26.8. The number of hydrogen-bond donors (Lipinski definition) is 2. The number of rotatable bonds is 7. The predicted octanol–water partition coefficient (Wildman–Crippen LogP) is 4.00. The second-order valence-electron chi connectivity index (χ2n) is 8.49. The number of nitrogens with one attached hydrogen (secondary N) is 2. The van der Waals surface area contributed by atoms with Crippen LogP contribution in [0.3, 0.4) is 0 Å². The van der Waals surface area contributed by atoms with Gasteiger partial charge in [-0.2, -0.15) is 0 Å². The third-order valence-corrected chi connectivity index (χ3v) is 4.66. The second kappa shape index (κ2) is 11.0. The van der Waals surface area contributed by atoms with Crippen LogP contribution in [0.2, 0.25) is 0 Å². The SMILES string of the molecule is CC(C)(C)OC(=O)Nc1ccc(NC(=O)c2cccc(OCCN3CCOCC3)c2)cc1. The van der Waals surface area contributed by atoms with Gasteiger partial charge in [0.25, 0.3) is 5.91 Å². The first-order valence-electron chi connectivity index (χ1n) is 10.7. The molecular formula is C24H31N3O5. The van der Waals surface area contributed by atoms with Gasteiger partial charge in [0.2, 0.25) is 0 Å². The average Bonchev–Trinajstić information content (AvgIpc) is 2.75. The number of ether oxygens (including phenoxy) is 3. The van der Waals surface area contributed by atoms with Gasteiger partial charge in [0, 0.05) is 36.6 Å². The van der Waals surface area contributed by atoms with E-state index in [4.69, 9.17) is 14.2 Å². The second-order valence-corrected chi connectivity index (χ2v) is 8.49. The molecule has 0 spiro atoms. The van der Waals surface area contributed by atoms with Crippen molar-refractivity contribution in [3.05, 3.63) is 54.1 Å². The summed E-state index contributed by atoms with van der Waals surface area (Å²) >= 11 is 0. The van der Waals surface area contributed by atoms with Gasteiger partial charge in [0.05, 0.1) is 13.2 Å². The normalized spacial score (nSPS) is 14.5. The number of hydrogen-bond acceptors (Lipinski definition) is 6. The maximum Gasteiger partial charge on any atom is 0.412 e. The number of morpholine rings is 1. The van der Waals surface area contributed by atoms with Gasteiger partial charge < -0.3 is 19.5 Å². The number of carbonyl (C=O) groups is 2. The Balaban J connectivity index is 1.49. The number of benzene rings is 2. The smallest absolute Gasteiger partial charge is 0.412 e. The third kappa shape index (κ3) is 7.86. The molecule has 0 saturated carbocycles. The molecule has 1 aliphatic rings. The Morgan fingerprint density at radius 3 is 2.31 bits per heavy atom. The summed E-state index contributed by atoms with van der Waals surface area (Å²) in [5, 5.41) is 5.51. The molecule has 0 aromatic heterocycles. The molecule has 0 unspecified atom stereocenters. The van der Waals surface area contributed by atoms with E-state index in [-0.39, 0.29) is 5.91 Å². The molecule has 2 amide bonds. The average molecular weight is 442 g/mol. The molecule has 0 bridgehead atoms. The van der Waals surface area contributed by atoms with Crippen LogP contribution in [0.25, 0.3) is 0 Å². The Bertz CT molecular complexity index is 903. The number of carbonyl (C=O) groups excluding carboxylic acids is 2. The molecule has 1 heterocycles. The molecule has 32 heavy (non-hydrogen) atoms. The van der Waals surface area contributed by atoms with Gasteiger partial charge in [-0.1, -0.05) is 6.07 Å². The van der Waals surface area contributed by atoms with E-state index >= 15 is 0 Å². The number of nitrogens with zero attached hydrogens (tertiary/aromatic N) is 1. The van der Waals surface area contributed by atoms with Crippen molar-refractivity contribution >= 4 is 23.4 Å². The van der Waals surface area contributed by atoms with Crippen LogP contribution in [0.1, 0.15) is 31.1 Å². The first-order valence-corrected chi connectivity index (χ1v) is 10.7. The van der Waals surface area contributed by atoms with Gasteiger partial charge in [-0.15, -0.1) is 0 Å². The minimum atomic E-state index is -0.571. The van der Waals surface area contributed by atoms with Crippen molar-refractivity contribution in [2.45, 2.75) is 26.4 Å². The lowest BCUT2D eigenvalue weighted by Crippen LogP contribution is -2.38. The minimum absolute atomic E-state index is 0.239. The fourth-order valence-corrected chi connectivity index (χ4v) is 3.11. The standard InChI is InChI=1S/C24H31N3O5/c1-24(2,3)32-23(29)26-20-9-7-19(8-10-20)25-22(28)18-5-4-6-21(17-18)31-16-13-27-11-14-30-15-12-27/h4-10,17H,11-16H2,1-3H3,(H,25,28)(H,26,29). The van der Waals surface area contributed by atoms with Gasteiger partial charge in [-0.25, -0.2) is 4.79 Å². The molecule has 2 aromatic carbocycles. The van der Waals surface area contributed by atoms with E-state index in [0.29, 0.717) is 29.3 Å². The van der Waals surface area contributed by atoms with Crippen LogP contribution < -0.4 is 15.4 Å². The lowest BCUT2D eigenvalue weighted by atomic mass is 10.2. The fraction of sp³-hybridized carbons (Fsp3) is 0.417. The molecule has 1 aliphatic heterocycles. The van der Waals surface area contributed by atoms with E-state index in [2.05, 4.69) is 15.5 Å². The molecule has 0 aliphatic carbocycles. The molecule has 2 aromatic rings. The van der Waals surface area contributed by atoms with Crippen molar-refractivity contribution < 1.29 is 23.8 Å². The predicted molar refractivity (Wildman–Crippen MR) is 123 cm³/mol. The molecule has 1 saturated heterocycles. The van der Waals surface area contributed by atoms with Crippen LogP contribution >= 0.6 is 0 Å². The zero-order chi connectivity index (χ0) is 23.0. The molecule has 2 N–H and O–H groups in total. The lowest BCUT2D eigenvalue weighted by molar-refractivity contribution is 0.0322. The number of anilines is 2. The Kier molecular flexibility index (Phi) is 8.08. The van der Waals surface area contributed by atoms with Gasteiger partial charge in [0.1, 0.15) is 18.0 Å². The van der Waals surface area contributed by atoms with E-state index in [1.807, 2.05) is 6.07 Å². The van der Waals surface area contributed by atoms with Crippen LogP contribution in [-0.2, 0) is 9.47 Å². The quantitative estimate of drug-likeness (QED) is 0.675. The van der Waals surface area contributed by atoms with Gasteiger partial charge >= 0.3 is 6.09 Å². The number of amides is 2. The van der Waals surface area contributed by atoms with Crippen LogP contribution in [0.15, 0.2) is 48.5 Å². The summed E-state index contributed by atoms with van der Waals surface area (Å²) < 4.78 is 16.4. The van der Waals surface area contributed by atoms with Gasteiger partial charge in [-0.05, 0) is 63.2 Å². The Morgan fingerprint density at radius 1 is 1.00 bits per heavy atom. The highest BCUT2D eigenvalue weighted by atomic mass is 16.6. The molecule has 8 nitrogen and oxygen atoms in total. The molecule has 1 fully saturated rings. The van der Waals surface area contributed by atoms with Crippen molar-refractivity contribution in [1.82, 2.24) is 4.90 Å². The summed E-state index contributed by atoms with van der Waals surface area (Å²) in [7, 11) is 0. The topological polar surface area (TPSA) is 89.1 Å². The summed E-state index contributed by atoms with van der Waals surface area (Å²) in [6.45, 7) is 10.1. The van der Waals surface area contributed by atoms with Crippen LogP contribution in [-0.4, -0.2) is 62.0 Å². The van der Waals surface area contributed by atoms with Crippen LogP contribution in [0.5, 0.6) is 5.75 Å². The highest BCUT2D eigenvalue weighted by molar-refractivity contribution is 6.04. The Morgan fingerprint density at radius 2 is 1.66 bits per heavy atom. The van der Waals surface area contributed by atoms with Crippen molar-refractivity contribution in [2.75, 3.05) is 50.1 Å². The van der Waals surface area contributed by atoms with Gasteiger partial charge in [-0.3, -0.25) is 15.0 Å². The Hall–Kier alpha value is -3.10. The van der Waals surface area contributed by atoms with Crippen molar-refractivity contribution in [2.24, 2.45) is 0 Å². The minimum Gasteiger partial charge on any atom is -0.492 e. The first-order chi connectivity index (χ1) is 15.3. The molecule has 172 valence electrons. The van der Waals surface area contributed by atoms with Crippen molar-refractivity contribution in [3.8, 4) is 5.75 Å². The zero-order valence-corrected chi connectivity index (χ0v) is 18.8. The molecule has 8 heteroatoms. The van der Waals surface area contributed by atoms with E-state index in [0.717, 1.165) is 32.8 Å². The summed E-state index contributed by atoms with van der Waals surface area (Å²) in [6, 6.07) is 13.9. The molecule has 0 atom stereocenters. The zero-order valence-electron chi connectivity index (χ0n) is 18.8. The molecular weight excluding hydrogens is 410 g/mol. The summed E-state index contributed by atoms with van der Waals surface area (Å²) in [6.07, 6.45) is -0.528. The van der Waals surface area contributed by atoms with Crippen LogP contribution in [0, 0.1) is 0 Å². The maximum atomic E-state index is 12.6. The van der Waals surface area contributed by atoms with E-state index in [9.17, 15) is 9.59 Å². The largest absolute Gasteiger partial charge is 0.492 e. The monoisotopic (exact) mass is 441 g/mol. The van der Waals surface area contributed by atoms with E-state index in [1.165, 1.54) is 0 Å². The molecule has 0 radical (unpaired) electrons. The highest BCUT2D eigenvalue weighted by Crippen LogP contribution is 2.18. The maximum absolute atomic E-state index is 12.6. The van der Waals surface area contributed by atoms with E-state index in [1.54, 1.807) is 63.2 Å². The first kappa shape index (κ1) is 23.6. The van der Waals surface area contributed by atoms with Gasteiger partial charge in [0.15, 0.2) is 0 Å². The van der Waals surface area contributed by atoms with Crippen molar-refractivity contribution in [3.63, 3.8) is 0 Å². The summed E-state index contributed by atoms with van der Waals surface area (Å²) in [5.74, 6) is 0.416. The molecule has 3 rings (SSSR count). The van der Waals surface area contributed by atoms with Crippen molar-refractivity contribution in [1.29, 1.82) is 0 Å². The van der Waals surface area contributed by atoms with E-state index < -0.39 is 11.7 Å². The third-order valence-electron chi connectivity index (χ3n) is 4.66. The highest BCUT2D eigenvalue weighted by Gasteiger charge is 2.16. The fourth-order valence-electron chi connectivity index (χ4n) is 3.11. The van der Waals surface area contributed by atoms with Crippen LogP contribution in [0.4, 0.5) is 16.2 Å². The lowest BCUT2D eigenvalue weighted by Gasteiger charge is -2.26. The Labute approximate surface area is 188 Å². The summed E-state index contributed by atoms with van der Waals surface area (Å²) in [5.41, 5.74) is 1.12.